The summed E-state index contributed by atoms with van der Waals surface area (Å²) in [6, 6.07) is 0.0181. The van der Waals surface area contributed by atoms with Gasteiger partial charge < -0.3 is 0 Å². The third-order valence-corrected chi connectivity index (χ3v) is 7.36. The van der Waals surface area contributed by atoms with Gasteiger partial charge >= 0.3 is 0 Å². The van der Waals surface area contributed by atoms with Crippen molar-refractivity contribution in [1.29, 1.82) is 0 Å². The van der Waals surface area contributed by atoms with E-state index in [0.29, 0.717) is 0 Å². The van der Waals surface area contributed by atoms with Crippen molar-refractivity contribution in [1.82, 2.24) is 9.76 Å². The van der Waals surface area contributed by atoms with Crippen LogP contribution in [0.5, 0.6) is 0 Å². The lowest BCUT2D eigenvalue weighted by Gasteiger charge is -2.35. The minimum Gasteiger partial charge on any atom is -0.277 e. The van der Waals surface area contributed by atoms with Crippen molar-refractivity contribution >= 4 is 18.0 Å². The lowest BCUT2D eigenvalue weighted by molar-refractivity contribution is 0.418. The van der Waals surface area contributed by atoms with Crippen molar-refractivity contribution in [3.8, 4) is 12.3 Å². The van der Waals surface area contributed by atoms with E-state index in [4.69, 9.17) is 6.42 Å². The van der Waals surface area contributed by atoms with Crippen LogP contribution < -0.4 is 5.09 Å². The fourth-order valence-electron chi connectivity index (χ4n) is 1.16. The number of rotatable bonds is 1. The SMILES string of the molecule is C#CC1CCSP(=O)(NC)N1C. The Kier molecular flexibility index (Phi) is 3.25. The van der Waals surface area contributed by atoms with E-state index in [-0.39, 0.29) is 6.04 Å². The Labute approximate surface area is 77.5 Å². The van der Waals surface area contributed by atoms with Crippen LogP contribution in [-0.2, 0) is 4.57 Å². The zero-order valence-electron chi connectivity index (χ0n) is 7.28. The van der Waals surface area contributed by atoms with Crippen LogP contribution >= 0.6 is 18.0 Å². The fraction of sp³-hybridized carbons (Fsp3) is 0.714. The second-order valence-electron chi connectivity index (χ2n) is 2.62. The maximum atomic E-state index is 12.0. The summed E-state index contributed by atoms with van der Waals surface area (Å²) in [7, 11) is 3.52. The number of hydrogen-bond donors (Lipinski definition) is 1. The van der Waals surface area contributed by atoms with Crippen LogP contribution in [0.3, 0.4) is 0 Å². The minimum atomic E-state index is -2.40. The maximum absolute atomic E-state index is 12.0. The predicted molar refractivity (Wildman–Crippen MR) is 54.1 cm³/mol. The van der Waals surface area contributed by atoms with Gasteiger partial charge in [-0.05, 0) is 20.5 Å². The molecule has 1 rings (SSSR count). The van der Waals surface area contributed by atoms with Crippen molar-refractivity contribution in [3.63, 3.8) is 0 Å². The molecule has 0 aliphatic carbocycles. The molecule has 1 N–H and O–H groups in total. The molecule has 68 valence electrons. The predicted octanol–water partition coefficient (Wildman–Crippen LogP) is 1.38. The van der Waals surface area contributed by atoms with E-state index in [1.165, 1.54) is 11.4 Å². The average molecular weight is 204 g/mol. The zero-order valence-corrected chi connectivity index (χ0v) is 8.99. The van der Waals surface area contributed by atoms with Crippen molar-refractivity contribution in [3.05, 3.63) is 0 Å². The normalized spacial score (nSPS) is 37.6. The van der Waals surface area contributed by atoms with E-state index in [0.717, 1.165) is 12.2 Å². The Bertz CT molecular complexity index is 250. The quantitative estimate of drug-likeness (QED) is 0.516. The summed E-state index contributed by atoms with van der Waals surface area (Å²) in [5.74, 6) is 3.52. The first-order chi connectivity index (χ1) is 5.64. The van der Waals surface area contributed by atoms with Gasteiger partial charge in [0.25, 0.3) is 6.65 Å². The molecular weight excluding hydrogens is 191 g/mol. The molecular formula is C7H13N2OPS. The Morgan fingerprint density at radius 3 is 3.00 bits per heavy atom. The third-order valence-electron chi connectivity index (χ3n) is 2.00. The van der Waals surface area contributed by atoms with Gasteiger partial charge in [0.1, 0.15) is 0 Å². The Balaban J connectivity index is 2.80. The molecule has 0 radical (unpaired) electrons. The van der Waals surface area contributed by atoms with Gasteiger partial charge in [-0.25, -0.2) is 9.76 Å². The van der Waals surface area contributed by atoms with Crippen LogP contribution in [0.1, 0.15) is 6.42 Å². The van der Waals surface area contributed by atoms with Crippen molar-refractivity contribution in [2.24, 2.45) is 0 Å². The molecule has 3 nitrogen and oxygen atoms in total. The molecule has 1 saturated heterocycles. The van der Waals surface area contributed by atoms with Crippen molar-refractivity contribution in [2.45, 2.75) is 12.5 Å². The fourth-order valence-corrected chi connectivity index (χ4v) is 5.25. The highest BCUT2D eigenvalue weighted by Gasteiger charge is 2.35. The topological polar surface area (TPSA) is 32.3 Å². The summed E-state index contributed by atoms with van der Waals surface area (Å²) >= 11 is 1.47. The van der Waals surface area contributed by atoms with Crippen LogP contribution in [-0.4, -0.2) is 30.6 Å². The highest BCUT2D eigenvalue weighted by atomic mass is 32.7. The maximum Gasteiger partial charge on any atom is 0.269 e. The summed E-state index contributed by atoms with van der Waals surface area (Å²) in [5.41, 5.74) is 0. The van der Waals surface area contributed by atoms with Gasteiger partial charge in [0.15, 0.2) is 0 Å². The molecule has 1 fully saturated rings. The molecule has 0 aromatic rings. The molecule has 2 unspecified atom stereocenters. The standard InChI is InChI=1S/C7H13N2OPS/c1-4-7-5-6-12-11(10,8-2)9(7)3/h1,7H,5-6H2,2-3H3,(H,8,10). The van der Waals surface area contributed by atoms with Gasteiger partial charge in [-0.15, -0.1) is 6.42 Å². The number of hydrogen-bond acceptors (Lipinski definition) is 2. The van der Waals surface area contributed by atoms with Crippen LogP contribution in [0.25, 0.3) is 0 Å². The molecule has 2 atom stereocenters. The van der Waals surface area contributed by atoms with Gasteiger partial charge in [0.2, 0.25) is 0 Å². The van der Waals surface area contributed by atoms with E-state index in [2.05, 4.69) is 11.0 Å². The van der Waals surface area contributed by atoms with Crippen LogP contribution in [0.2, 0.25) is 0 Å². The van der Waals surface area contributed by atoms with Gasteiger partial charge in [-0.3, -0.25) is 4.57 Å². The summed E-state index contributed by atoms with van der Waals surface area (Å²) in [4.78, 5) is 0. The lowest BCUT2D eigenvalue weighted by Crippen LogP contribution is -2.34. The monoisotopic (exact) mass is 204 g/mol. The molecule has 12 heavy (non-hydrogen) atoms. The van der Waals surface area contributed by atoms with Gasteiger partial charge in [-0.2, -0.15) is 0 Å². The van der Waals surface area contributed by atoms with E-state index in [1.807, 2.05) is 7.05 Å². The second-order valence-corrected chi connectivity index (χ2v) is 7.67. The van der Waals surface area contributed by atoms with E-state index in [1.54, 1.807) is 11.7 Å². The van der Waals surface area contributed by atoms with E-state index < -0.39 is 6.65 Å². The van der Waals surface area contributed by atoms with Crippen LogP contribution in [0.4, 0.5) is 0 Å². The molecule has 0 amide bonds. The third kappa shape index (κ3) is 1.70. The van der Waals surface area contributed by atoms with Crippen LogP contribution in [0, 0.1) is 12.3 Å². The number of nitrogens with one attached hydrogen (secondary N) is 1. The second kappa shape index (κ2) is 3.85. The molecule has 5 heteroatoms. The first-order valence-electron chi connectivity index (χ1n) is 3.77. The summed E-state index contributed by atoms with van der Waals surface area (Å²) in [5, 5.41) is 2.84. The summed E-state index contributed by atoms with van der Waals surface area (Å²) in [6.07, 6.45) is 6.24. The van der Waals surface area contributed by atoms with Crippen molar-refractivity contribution in [2.75, 3.05) is 19.8 Å². The zero-order chi connectivity index (χ0) is 9.19. The average Bonchev–Trinajstić information content (AvgIpc) is 2.10. The minimum absolute atomic E-state index is 0.0181. The highest BCUT2D eigenvalue weighted by molar-refractivity contribution is 8.56. The Morgan fingerprint density at radius 1 is 1.83 bits per heavy atom. The summed E-state index contributed by atoms with van der Waals surface area (Å²) < 4.78 is 13.8. The smallest absolute Gasteiger partial charge is 0.269 e. The largest absolute Gasteiger partial charge is 0.277 e. The number of terminal acetylenes is 1. The van der Waals surface area contributed by atoms with Gasteiger partial charge in [0.05, 0.1) is 6.04 Å². The Hall–Kier alpha value is 0.0600. The molecule has 1 heterocycles. The van der Waals surface area contributed by atoms with E-state index >= 15 is 0 Å². The Morgan fingerprint density at radius 2 is 2.50 bits per heavy atom. The first-order valence-corrected chi connectivity index (χ1v) is 7.02. The first kappa shape index (κ1) is 10.1. The lowest BCUT2D eigenvalue weighted by atomic mass is 10.2. The van der Waals surface area contributed by atoms with Gasteiger partial charge in [-0.1, -0.05) is 17.3 Å². The highest BCUT2D eigenvalue weighted by Crippen LogP contribution is 2.60. The molecule has 0 bridgehead atoms. The van der Waals surface area contributed by atoms with E-state index in [9.17, 15) is 4.57 Å². The number of nitrogens with zero attached hydrogens (tertiary/aromatic N) is 1. The van der Waals surface area contributed by atoms with Crippen molar-refractivity contribution < 1.29 is 4.57 Å². The molecule has 0 saturated carbocycles. The van der Waals surface area contributed by atoms with Crippen LogP contribution in [0.15, 0.2) is 0 Å². The molecule has 0 spiro atoms. The molecule has 0 aromatic heterocycles. The molecule has 1 aliphatic heterocycles. The summed E-state index contributed by atoms with van der Waals surface area (Å²) in [6.45, 7) is -2.40. The molecule has 0 aromatic carbocycles. The molecule has 1 aliphatic rings. The van der Waals surface area contributed by atoms with Gasteiger partial charge in [0, 0.05) is 5.75 Å².